The molecular weight excluding hydrogens is 300 g/mol. The Kier molecular flexibility index (Phi) is 5.69. The van der Waals surface area contributed by atoms with Gasteiger partial charge in [0.2, 0.25) is 0 Å². The molecule has 124 valence electrons. The van der Waals surface area contributed by atoms with Crippen molar-refractivity contribution in [3.05, 3.63) is 71.9 Å². The van der Waals surface area contributed by atoms with Crippen molar-refractivity contribution in [2.75, 3.05) is 13.2 Å². The molecule has 0 aliphatic rings. The van der Waals surface area contributed by atoms with Gasteiger partial charge in [-0.3, -0.25) is 0 Å². The van der Waals surface area contributed by atoms with Crippen LogP contribution in [0.1, 0.15) is 24.1 Å². The second-order valence-corrected chi connectivity index (χ2v) is 5.48. The molecule has 0 saturated carbocycles. The number of aromatic nitrogens is 4. The lowest BCUT2D eigenvalue weighted by molar-refractivity contribution is 0.149. The number of hydrogen-bond donors (Lipinski definition) is 0. The first-order chi connectivity index (χ1) is 11.9. The fraction of sp³-hybridized carbons (Fsp3) is 0.316. The highest BCUT2D eigenvalue weighted by atomic mass is 16.5. The van der Waals surface area contributed by atoms with Crippen LogP contribution in [0.3, 0.4) is 0 Å². The van der Waals surface area contributed by atoms with Crippen molar-refractivity contribution in [1.82, 2.24) is 19.7 Å². The summed E-state index contributed by atoms with van der Waals surface area (Å²) in [5.41, 5.74) is 1.29. The Morgan fingerprint density at radius 3 is 2.54 bits per heavy atom. The lowest BCUT2D eigenvalue weighted by Crippen LogP contribution is -2.08. The molecule has 5 heteroatoms. The van der Waals surface area contributed by atoms with Crippen LogP contribution in [-0.2, 0) is 24.0 Å². The third-order valence-corrected chi connectivity index (χ3v) is 3.74. The van der Waals surface area contributed by atoms with E-state index in [0.717, 1.165) is 36.7 Å². The zero-order valence-electron chi connectivity index (χ0n) is 13.9. The molecule has 0 aliphatic carbocycles. The summed E-state index contributed by atoms with van der Waals surface area (Å²) >= 11 is 0. The predicted molar refractivity (Wildman–Crippen MR) is 93.2 cm³/mol. The topological polar surface area (TPSA) is 52.8 Å². The molecule has 2 heterocycles. The summed E-state index contributed by atoms with van der Waals surface area (Å²) in [5, 5.41) is 4.66. The van der Waals surface area contributed by atoms with Gasteiger partial charge in [0.15, 0.2) is 11.6 Å². The number of rotatable bonds is 8. The van der Waals surface area contributed by atoms with Crippen molar-refractivity contribution in [3.63, 3.8) is 0 Å². The third kappa shape index (κ3) is 4.26. The summed E-state index contributed by atoms with van der Waals surface area (Å²) in [7, 11) is 0. The first-order valence-corrected chi connectivity index (χ1v) is 8.34. The van der Waals surface area contributed by atoms with Crippen LogP contribution in [-0.4, -0.2) is 33.0 Å². The summed E-state index contributed by atoms with van der Waals surface area (Å²) in [4.78, 5) is 9.09. The molecule has 0 aliphatic heterocycles. The van der Waals surface area contributed by atoms with Crippen molar-refractivity contribution in [3.8, 4) is 5.82 Å². The molecule has 0 fully saturated rings. The number of aryl methyl sites for hydroxylation is 2. The minimum atomic E-state index is 0.639. The average Bonchev–Trinajstić information content (AvgIpc) is 3.05. The van der Waals surface area contributed by atoms with E-state index >= 15 is 0 Å². The van der Waals surface area contributed by atoms with Crippen LogP contribution >= 0.6 is 0 Å². The van der Waals surface area contributed by atoms with Crippen LogP contribution in [0.5, 0.6) is 0 Å². The first-order valence-electron chi connectivity index (χ1n) is 8.34. The molecule has 24 heavy (non-hydrogen) atoms. The molecule has 3 rings (SSSR count). The zero-order chi connectivity index (χ0) is 16.6. The second-order valence-electron chi connectivity index (χ2n) is 5.48. The molecular formula is C19H22N4O. The Balaban J connectivity index is 1.77. The fourth-order valence-corrected chi connectivity index (χ4v) is 2.53. The van der Waals surface area contributed by atoms with Gasteiger partial charge in [-0.05, 0) is 31.0 Å². The minimum absolute atomic E-state index is 0.639. The summed E-state index contributed by atoms with van der Waals surface area (Å²) < 4.78 is 7.30. The van der Waals surface area contributed by atoms with Crippen LogP contribution in [0.2, 0.25) is 0 Å². The molecule has 0 spiro atoms. The van der Waals surface area contributed by atoms with Crippen molar-refractivity contribution in [2.24, 2.45) is 0 Å². The van der Waals surface area contributed by atoms with Gasteiger partial charge in [-0.2, -0.15) is 4.68 Å². The van der Waals surface area contributed by atoms with Crippen LogP contribution < -0.4 is 0 Å². The molecule has 0 saturated heterocycles. The van der Waals surface area contributed by atoms with E-state index in [9.17, 15) is 0 Å². The molecule has 0 amide bonds. The molecule has 0 N–H and O–H groups in total. The lowest BCUT2D eigenvalue weighted by atomic mass is 10.1. The fourth-order valence-electron chi connectivity index (χ4n) is 2.53. The quantitative estimate of drug-likeness (QED) is 0.598. The average molecular weight is 322 g/mol. The molecule has 2 aromatic heterocycles. The number of nitrogens with zero attached hydrogens (tertiary/aromatic N) is 4. The van der Waals surface area contributed by atoms with Gasteiger partial charge in [-0.1, -0.05) is 36.4 Å². The van der Waals surface area contributed by atoms with E-state index < -0.39 is 0 Å². The van der Waals surface area contributed by atoms with Crippen LogP contribution in [0, 0.1) is 0 Å². The molecule has 5 nitrogen and oxygen atoms in total. The second kappa shape index (κ2) is 8.36. The van der Waals surface area contributed by atoms with E-state index in [-0.39, 0.29) is 0 Å². The van der Waals surface area contributed by atoms with Crippen molar-refractivity contribution in [2.45, 2.75) is 26.2 Å². The molecule has 0 unspecified atom stereocenters. The van der Waals surface area contributed by atoms with Crippen LogP contribution in [0.25, 0.3) is 5.82 Å². The van der Waals surface area contributed by atoms with Gasteiger partial charge in [0.25, 0.3) is 0 Å². The number of hydrogen-bond acceptors (Lipinski definition) is 4. The van der Waals surface area contributed by atoms with Gasteiger partial charge in [-0.15, -0.1) is 5.10 Å². The number of pyridine rings is 1. The normalized spacial score (nSPS) is 10.9. The van der Waals surface area contributed by atoms with Crippen LogP contribution in [0.4, 0.5) is 0 Å². The largest absolute Gasteiger partial charge is 0.381 e. The van der Waals surface area contributed by atoms with Crippen molar-refractivity contribution >= 4 is 0 Å². The smallest absolute Gasteiger partial charge is 0.155 e. The van der Waals surface area contributed by atoms with Gasteiger partial charge in [-0.25, -0.2) is 9.97 Å². The minimum Gasteiger partial charge on any atom is -0.381 e. The Bertz CT molecular complexity index is 741. The van der Waals surface area contributed by atoms with Gasteiger partial charge in [0, 0.05) is 25.6 Å². The zero-order valence-corrected chi connectivity index (χ0v) is 13.9. The van der Waals surface area contributed by atoms with E-state index in [1.807, 2.05) is 35.9 Å². The standard InChI is InChI=1S/C19H22N4O/c1-2-24-15-13-19-21-17(12-11-16-8-4-3-5-9-16)22-23(19)18-10-6-7-14-20-18/h3-10,14H,2,11-13,15H2,1H3. The maximum Gasteiger partial charge on any atom is 0.155 e. The Morgan fingerprint density at radius 1 is 0.958 bits per heavy atom. The SMILES string of the molecule is CCOCCc1nc(CCc2ccccc2)nn1-c1ccccn1. The molecule has 1 aromatic carbocycles. The Morgan fingerprint density at radius 2 is 1.79 bits per heavy atom. The maximum atomic E-state index is 5.47. The van der Waals surface area contributed by atoms with E-state index in [4.69, 9.17) is 9.72 Å². The highest BCUT2D eigenvalue weighted by Gasteiger charge is 2.12. The lowest BCUT2D eigenvalue weighted by Gasteiger charge is -2.04. The highest BCUT2D eigenvalue weighted by molar-refractivity contribution is 5.22. The Labute approximate surface area is 142 Å². The maximum absolute atomic E-state index is 5.47. The van der Waals surface area contributed by atoms with Gasteiger partial charge in [0.1, 0.15) is 5.82 Å². The number of benzene rings is 1. The monoisotopic (exact) mass is 322 g/mol. The predicted octanol–water partition coefficient (Wildman–Crippen LogP) is 3.03. The van der Waals surface area contributed by atoms with E-state index in [0.29, 0.717) is 13.2 Å². The number of ether oxygens (including phenoxy) is 1. The molecule has 3 aromatic rings. The Hall–Kier alpha value is -2.53. The van der Waals surface area contributed by atoms with Crippen LogP contribution in [0.15, 0.2) is 54.7 Å². The van der Waals surface area contributed by atoms with E-state index in [1.165, 1.54) is 5.56 Å². The first kappa shape index (κ1) is 16.3. The summed E-state index contributed by atoms with van der Waals surface area (Å²) in [6, 6.07) is 16.2. The van der Waals surface area contributed by atoms with Gasteiger partial charge in [0.05, 0.1) is 6.61 Å². The van der Waals surface area contributed by atoms with E-state index in [2.05, 4.69) is 34.3 Å². The molecule has 0 radical (unpaired) electrons. The van der Waals surface area contributed by atoms with Crippen molar-refractivity contribution < 1.29 is 4.74 Å². The highest BCUT2D eigenvalue weighted by Crippen LogP contribution is 2.10. The van der Waals surface area contributed by atoms with Gasteiger partial charge >= 0.3 is 0 Å². The summed E-state index contributed by atoms with van der Waals surface area (Å²) in [6.07, 6.45) is 4.24. The third-order valence-electron chi connectivity index (χ3n) is 3.74. The molecule has 0 atom stereocenters. The van der Waals surface area contributed by atoms with Gasteiger partial charge < -0.3 is 4.74 Å². The summed E-state index contributed by atoms with van der Waals surface area (Å²) in [5.74, 6) is 2.53. The molecule has 0 bridgehead atoms. The van der Waals surface area contributed by atoms with Crippen molar-refractivity contribution in [1.29, 1.82) is 0 Å². The summed E-state index contributed by atoms with van der Waals surface area (Å²) in [6.45, 7) is 3.34. The van der Waals surface area contributed by atoms with E-state index in [1.54, 1.807) is 6.20 Å².